The molecule has 0 aromatic carbocycles. The Morgan fingerprint density at radius 3 is 2.44 bits per heavy atom. The summed E-state index contributed by atoms with van der Waals surface area (Å²) in [6, 6.07) is 0.329. The number of hydrogen-bond acceptors (Lipinski definition) is 3. The summed E-state index contributed by atoms with van der Waals surface area (Å²) in [5.74, 6) is -0.395. The maximum atomic E-state index is 11.7. The molecule has 1 rings (SSSR count). The number of rotatable bonds is 6. The zero-order chi connectivity index (χ0) is 13.4. The average Bonchev–Trinajstić information content (AvgIpc) is 2.54. The lowest BCUT2D eigenvalue weighted by atomic mass is 10.1. The second-order valence-electron chi connectivity index (χ2n) is 4.98. The van der Waals surface area contributed by atoms with Crippen molar-refractivity contribution in [3.8, 4) is 0 Å². The van der Waals surface area contributed by atoms with Crippen LogP contribution in [0.25, 0.3) is 0 Å². The molecular weight excluding hydrogens is 250 g/mol. The first-order valence-corrected chi connectivity index (χ1v) is 7.75. The molecule has 0 bridgehead atoms. The van der Waals surface area contributed by atoms with Gasteiger partial charge in [0, 0.05) is 11.3 Å². The summed E-state index contributed by atoms with van der Waals surface area (Å²) in [4.78, 5) is 22.2. The number of aliphatic carboxylic acids is 1. The van der Waals surface area contributed by atoms with E-state index in [-0.39, 0.29) is 17.6 Å². The highest BCUT2D eigenvalue weighted by molar-refractivity contribution is 8.00. The van der Waals surface area contributed by atoms with Crippen molar-refractivity contribution in [3.63, 3.8) is 0 Å². The molecule has 2 N–H and O–H groups in total. The SMILES string of the molecule is CC(CC(=O)O)SCC(=O)NC1CCCCCC1. The summed E-state index contributed by atoms with van der Waals surface area (Å²) in [7, 11) is 0. The van der Waals surface area contributed by atoms with Gasteiger partial charge in [-0.25, -0.2) is 0 Å². The lowest BCUT2D eigenvalue weighted by molar-refractivity contribution is -0.136. The molecule has 1 aliphatic rings. The molecule has 18 heavy (non-hydrogen) atoms. The first-order chi connectivity index (χ1) is 8.58. The van der Waals surface area contributed by atoms with Crippen LogP contribution in [0.3, 0.4) is 0 Å². The van der Waals surface area contributed by atoms with E-state index in [2.05, 4.69) is 5.32 Å². The van der Waals surface area contributed by atoms with Crippen molar-refractivity contribution in [1.82, 2.24) is 5.32 Å². The van der Waals surface area contributed by atoms with Gasteiger partial charge in [0.15, 0.2) is 0 Å². The van der Waals surface area contributed by atoms with Gasteiger partial charge in [-0.15, -0.1) is 11.8 Å². The first kappa shape index (κ1) is 15.3. The molecule has 0 saturated heterocycles. The Labute approximate surface area is 113 Å². The molecule has 0 aromatic rings. The number of carboxylic acid groups (broad SMARTS) is 1. The minimum absolute atomic E-state index is 0.0117. The second-order valence-corrected chi connectivity index (χ2v) is 6.40. The molecule has 0 aliphatic heterocycles. The van der Waals surface area contributed by atoms with Crippen molar-refractivity contribution < 1.29 is 14.7 Å². The van der Waals surface area contributed by atoms with Gasteiger partial charge in [-0.2, -0.15) is 0 Å². The maximum Gasteiger partial charge on any atom is 0.304 e. The summed E-state index contributed by atoms with van der Waals surface area (Å²) in [6.45, 7) is 1.84. The molecule has 4 nitrogen and oxygen atoms in total. The van der Waals surface area contributed by atoms with Crippen molar-refractivity contribution in [3.05, 3.63) is 0 Å². The molecule has 5 heteroatoms. The van der Waals surface area contributed by atoms with E-state index in [1.165, 1.54) is 37.4 Å². The van der Waals surface area contributed by atoms with Crippen LogP contribution in [0, 0.1) is 0 Å². The highest BCUT2D eigenvalue weighted by Gasteiger charge is 2.16. The number of carbonyl (C=O) groups is 2. The fraction of sp³-hybridized carbons (Fsp3) is 0.846. The third-order valence-electron chi connectivity index (χ3n) is 3.18. The average molecular weight is 273 g/mol. The topological polar surface area (TPSA) is 66.4 Å². The van der Waals surface area contributed by atoms with E-state index in [0.717, 1.165) is 12.8 Å². The Morgan fingerprint density at radius 1 is 1.28 bits per heavy atom. The highest BCUT2D eigenvalue weighted by atomic mass is 32.2. The Morgan fingerprint density at radius 2 is 1.89 bits per heavy atom. The van der Waals surface area contributed by atoms with E-state index >= 15 is 0 Å². The minimum atomic E-state index is -0.806. The molecule has 104 valence electrons. The van der Waals surface area contributed by atoms with Gasteiger partial charge in [-0.1, -0.05) is 32.6 Å². The number of nitrogens with one attached hydrogen (secondary N) is 1. The zero-order valence-corrected chi connectivity index (χ0v) is 11.8. The summed E-state index contributed by atoms with van der Waals surface area (Å²) in [6.07, 6.45) is 7.23. The molecule has 0 radical (unpaired) electrons. The largest absolute Gasteiger partial charge is 0.481 e. The first-order valence-electron chi connectivity index (χ1n) is 6.70. The van der Waals surface area contributed by atoms with Gasteiger partial charge in [0.1, 0.15) is 0 Å². The number of hydrogen-bond donors (Lipinski definition) is 2. The third kappa shape index (κ3) is 6.89. The van der Waals surface area contributed by atoms with Crippen LogP contribution in [0.4, 0.5) is 0 Å². The fourth-order valence-corrected chi connectivity index (χ4v) is 3.00. The van der Waals surface area contributed by atoms with Crippen LogP contribution in [-0.4, -0.2) is 34.0 Å². The molecule has 0 spiro atoms. The van der Waals surface area contributed by atoms with Gasteiger partial charge < -0.3 is 10.4 Å². The van der Waals surface area contributed by atoms with E-state index < -0.39 is 5.97 Å². The normalized spacial score (nSPS) is 18.9. The predicted octanol–water partition coefficient (Wildman–Crippen LogP) is 2.42. The Kier molecular flexibility index (Phi) is 7.16. The van der Waals surface area contributed by atoms with Crippen LogP contribution >= 0.6 is 11.8 Å². The molecule has 1 aliphatic carbocycles. The molecule has 1 unspecified atom stereocenters. The molecule has 0 aromatic heterocycles. The van der Waals surface area contributed by atoms with Crippen LogP contribution in [0.2, 0.25) is 0 Å². The zero-order valence-electron chi connectivity index (χ0n) is 11.0. The van der Waals surface area contributed by atoms with E-state index in [4.69, 9.17) is 5.11 Å². The number of carbonyl (C=O) groups excluding carboxylic acids is 1. The third-order valence-corrected chi connectivity index (χ3v) is 4.35. The summed E-state index contributed by atoms with van der Waals surface area (Å²) >= 11 is 1.41. The number of amides is 1. The molecule has 1 saturated carbocycles. The van der Waals surface area contributed by atoms with Gasteiger partial charge >= 0.3 is 5.97 Å². The summed E-state index contributed by atoms with van der Waals surface area (Å²) < 4.78 is 0. The van der Waals surface area contributed by atoms with Gasteiger partial charge in [0.2, 0.25) is 5.91 Å². The second kappa shape index (κ2) is 8.40. The van der Waals surface area contributed by atoms with E-state index in [1.54, 1.807) is 0 Å². The number of thioether (sulfide) groups is 1. The maximum absolute atomic E-state index is 11.7. The van der Waals surface area contributed by atoms with Crippen LogP contribution in [0.5, 0.6) is 0 Å². The molecular formula is C13H23NO3S. The van der Waals surface area contributed by atoms with Gasteiger partial charge in [-0.3, -0.25) is 9.59 Å². The highest BCUT2D eigenvalue weighted by Crippen LogP contribution is 2.18. The van der Waals surface area contributed by atoms with Crippen molar-refractivity contribution in [2.75, 3.05) is 5.75 Å². The molecule has 1 atom stereocenters. The lowest BCUT2D eigenvalue weighted by Crippen LogP contribution is -2.35. The fourth-order valence-electron chi connectivity index (χ4n) is 2.22. The Bertz CT molecular complexity index is 275. The van der Waals surface area contributed by atoms with Gasteiger partial charge in [0.05, 0.1) is 12.2 Å². The van der Waals surface area contributed by atoms with Crippen molar-refractivity contribution in [2.45, 2.75) is 63.2 Å². The smallest absolute Gasteiger partial charge is 0.304 e. The summed E-state index contributed by atoms with van der Waals surface area (Å²) in [5.41, 5.74) is 0. The van der Waals surface area contributed by atoms with Crippen LogP contribution in [0.15, 0.2) is 0 Å². The molecule has 0 heterocycles. The van der Waals surface area contributed by atoms with Crippen LogP contribution < -0.4 is 5.32 Å². The van der Waals surface area contributed by atoms with Crippen LogP contribution in [0.1, 0.15) is 51.9 Å². The van der Waals surface area contributed by atoms with Gasteiger partial charge in [-0.05, 0) is 12.8 Å². The van der Waals surface area contributed by atoms with Crippen LogP contribution in [-0.2, 0) is 9.59 Å². The quantitative estimate of drug-likeness (QED) is 0.729. The Balaban J connectivity index is 2.17. The predicted molar refractivity (Wildman–Crippen MR) is 73.8 cm³/mol. The lowest BCUT2D eigenvalue weighted by Gasteiger charge is -2.16. The van der Waals surface area contributed by atoms with Crippen molar-refractivity contribution in [1.29, 1.82) is 0 Å². The monoisotopic (exact) mass is 273 g/mol. The molecule has 1 fully saturated rings. The summed E-state index contributed by atoms with van der Waals surface area (Å²) in [5, 5.41) is 11.7. The molecule has 1 amide bonds. The van der Waals surface area contributed by atoms with E-state index in [9.17, 15) is 9.59 Å². The van der Waals surface area contributed by atoms with E-state index in [1.807, 2.05) is 6.92 Å². The van der Waals surface area contributed by atoms with E-state index in [0.29, 0.717) is 11.8 Å². The standard InChI is InChI=1S/C13H23NO3S/c1-10(8-13(16)17)18-9-12(15)14-11-6-4-2-3-5-7-11/h10-11H,2-9H2,1H3,(H,14,15)(H,16,17). The van der Waals surface area contributed by atoms with Crippen molar-refractivity contribution in [2.24, 2.45) is 0 Å². The Hall–Kier alpha value is -0.710. The van der Waals surface area contributed by atoms with Crippen molar-refractivity contribution >= 4 is 23.6 Å². The number of carboxylic acids is 1. The van der Waals surface area contributed by atoms with Gasteiger partial charge in [0.25, 0.3) is 0 Å². The minimum Gasteiger partial charge on any atom is -0.481 e.